The molecule has 0 radical (unpaired) electrons. The number of aryl methyl sites for hydroxylation is 1. The summed E-state index contributed by atoms with van der Waals surface area (Å²) in [6.45, 7) is 2.49. The fourth-order valence-electron chi connectivity index (χ4n) is 1.35. The van der Waals surface area contributed by atoms with Gasteiger partial charge in [0.2, 0.25) is 0 Å². The third-order valence-corrected chi connectivity index (χ3v) is 2.03. The summed E-state index contributed by atoms with van der Waals surface area (Å²) in [6, 6.07) is 1.96. The minimum Gasteiger partial charge on any atom is -0.378 e. The summed E-state index contributed by atoms with van der Waals surface area (Å²) in [4.78, 5) is 4.24. The summed E-state index contributed by atoms with van der Waals surface area (Å²) in [7, 11) is 1.65. The van der Waals surface area contributed by atoms with E-state index in [1.165, 1.54) is 0 Å². The summed E-state index contributed by atoms with van der Waals surface area (Å²) < 4.78 is 6.59. The van der Waals surface area contributed by atoms with Gasteiger partial charge in [0.1, 0.15) is 6.33 Å². The van der Waals surface area contributed by atoms with Crippen LogP contribution in [0.5, 0.6) is 0 Å². The van der Waals surface area contributed by atoms with E-state index in [0.717, 1.165) is 16.9 Å². The van der Waals surface area contributed by atoms with Crippen molar-refractivity contribution in [1.82, 2.24) is 25.2 Å². The van der Waals surface area contributed by atoms with Crippen LogP contribution in [0, 0.1) is 6.92 Å². The van der Waals surface area contributed by atoms with E-state index in [1.807, 2.05) is 13.0 Å². The molecule has 0 amide bonds. The normalized spacial score (nSPS) is 10.5. The zero-order valence-electron chi connectivity index (χ0n) is 8.58. The van der Waals surface area contributed by atoms with Crippen LogP contribution in [-0.2, 0) is 11.3 Å². The molecule has 0 aromatic carbocycles. The van der Waals surface area contributed by atoms with Crippen LogP contribution in [-0.4, -0.2) is 32.3 Å². The zero-order valence-corrected chi connectivity index (χ0v) is 8.58. The minimum absolute atomic E-state index is 0.511. The van der Waals surface area contributed by atoms with Gasteiger partial charge in [0.15, 0.2) is 0 Å². The van der Waals surface area contributed by atoms with Gasteiger partial charge in [-0.3, -0.25) is 4.98 Å². The average Bonchev–Trinajstić information content (AvgIpc) is 2.71. The first-order valence-corrected chi connectivity index (χ1v) is 4.49. The number of hydrogen-bond donors (Lipinski definition) is 0. The van der Waals surface area contributed by atoms with Crippen LogP contribution in [0.15, 0.2) is 18.6 Å². The number of aromatic nitrogens is 5. The predicted molar refractivity (Wildman–Crippen MR) is 52.4 cm³/mol. The number of hydrogen-bond acceptors (Lipinski definition) is 5. The summed E-state index contributed by atoms with van der Waals surface area (Å²) in [5.41, 5.74) is 2.83. The molecule has 6 heteroatoms. The predicted octanol–water partition coefficient (Wildman–Crippen LogP) is 0.512. The smallest absolute Gasteiger partial charge is 0.143 e. The van der Waals surface area contributed by atoms with Crippen LogP contribution in [0.25, 0.3) is 5.69 Å². The Morgan fingerprint density at radius 1 is 1.47 bits per heavy atom. The molecule has 0 saturated carbocycles. The van der Waals surface area contributed by atoms with Crippen molar-refractivity contribution in [2.45, 2.75) is 13.5 Å². The number of rotatable bonds is 3. The Hall–Kier alpha value is -1.82. The van der Waals surface area contributed by atoms with E-state index in [1.54, 1.807) is 24.3 Å². The van der Waals surface area contributed by atoms with Gasteiger partial charge in [0.25, 0.3) is 0 Å². The summed E-state index contributed by atoms with van der Waals surface area (Å²) in [5, 5.41) is 11.0. The molecule has 15 heavy (non-hydrogen) atoms. The van der Waals surface area contributed by atoms with Crippen LogP contribution in [0.4, 0.5) is 0 Å². The topological polar surface area (TPSA) is 65.7 Å². The van der Waals surface area contributed by atoms with E-state index < -0.39 is 0 Å². The molecule has 0 saturated heterocycles. The van der Waals surface area contributed by atoms with Crippen molar-refractivity contribution in [3.05, 3.63) is 29.8 Å². The lowest BCUT2D eigenvalue weighted by Gasteiger charge is -2.05. The van der Waals surface area contributed by atoms with Crippen molar-refractivity contribution in [3.8, 4) is 5.69 Å². The van der Waals surface area contributed by atoms with Gasteiger partial charge in [-0.05, 0) is 29.0 Å². The Labute approximate surface area is 86.9 Å². The summed E-state index contributed by atoms with van der Waals surface area (Å²) in [5.74, 6) is 0. The van der Waals surface area contributed by atoms with Crippen LogP contribution >= 0.6 is 0 Å². The summed E-state index contributed by atoms with van der Waals surface area (Å²) in [6.07, 6.45) is 3.28. The quantitative estimate of drug-likeness (QED) is 0.730. The lowest BCUT2D eigenvalue weighted by atomic mass is 10.2. The molecule has 78 valence electrons. The maximum atomic E-state index is 5.00. The van der Waals surface area contributed by atoms with Crippen LogP contribution in [0.1, 0.15) is 11.3 Å². The number of nitrogens with zero attached hydrogens (tertiary/aromatic N) is 5. The molecular weight excluding hydrogens is 194 g/mol. The second-order valence-electron chi connectivity index (χ2n) is 3.15. The molecule has 0 aliphatic carbocycles. The highest BCUT2D eigenvalue weighted by molar-refractivity contribution is 5.37. The van der Waals surface area contributed by atoms with E-state index in [2.05, 4.69) is 20.5 Å². The van der Waals surface area contributed by atoms with E-state index in [0.29, 0.717) is 6.61 Å². The molecule has 2 aromatic rings. The van der Waals surface area contributed by atoms with Gasteiger partial charge >= 0.3 is 0 Å². The highest BCUT2D eigenvalue weighted by Gasteiger charge is 2.04. The van der Waals surface area contributed by atoms with Gasteiger partial charge in [0, 0.05) is 7.11 Å². The summed E-state index contributed by atoms with van der Waals surface area (Å²) >= 11 is 0. The van der Waals surface area contributed by atoms with E-state index in [9.17, 15) is 0 Å². The second kappa shape index (κ2) is 4.14. The highest BCUT2D eigenvalue weighted by Crippen LogP contribution is 2.12. The van der Waals surface area contributed by atoms with E-state index in [-0.39, 0.29) is 0 Å². The van der Waals surface area contributed by atoms with Crippen molar-refractivity contribution in [1.29, 1.82) is 0 Å². The monoisotopic (exact) mass is 205 g/mol. The Balaban J connectivity index is 2.35. The molecule has 0 aliphatic rings. The van der Waals surface area contributed by atoms with Crippen molar-refractivity contribution >= 4 is 0 Å². The third kappa shape index (κ3) is 1.99. The zero-order chi connectivity index (χ0) is 10.7. The standard InChI is InChI=1S/C9H11N5O/c1-7-3-8(5-15-2)10-4-9(7)14-6-11-12-13-14/h3-4,6H,5H2,1-2H3. The molecule has 0 spiro atoms. The molecular formula is C9H11N5O. The largest absolute Gasteiger partial charge is 0.378 e. The lowest BCUT2D eigenvalue weighted by Crippen LogP contribution is -2.01. The molecule has 0 fully saturated rings. The Kier molecular flexibility index (Phi) is 2.68. The molecule has 6 nitrogen and oxygen atoms in total. The molecule has 2 heterocycles. The minimum atomic E-state index is 0.511. The fraction of sp³-hybridized carbons (Fsp3) is 0.333. The first kappa shape index (κ1) is 9.72. The molecule has 0 unspecified atom stereocenters. The maximum Gasteiger partial charge on any atom is 0.143 e. The number of tetrazole rings is 1. The average molecular weight is 205 g/mol. The van der Waals surface area contributed by atoms with Gasteiger partial charge in [-0.2, -0.15) is 4.68 Å². The van der Waals surface area contributed by atoms with E-state index in [4.69, 9.17) is 4.74 Å². The second-order valence-corrected chi connectivity index (χ2v) is 3.15. The van der Waals surface area contributed by atoms with Crippen molar-refractivity contribution in [2.75, 3.05) is 7.11 Å². The third-order valence-electron chi connectivity index (χ3n) is 2.03. The number of ether oxygens (including phenoxy) is 1. The fourth-order valence-corrected chi connectivity index (χ4v) is 1.35. The lowest BCUT2D eigenvalue weighted by molar-refractivity contribution is 0.181. The number of methoxy groups -OCH3 is 1. The molecule has 2 rings (SSSR count). The van der Waals surface area contributed by atoms with Crippen molar-refractivity contribution in [2.24, 2.45) is 0 Å². The van der Waals surface area contributed by atoms with Crippen molar-refractivity contribution < 1.29 is 4.74 Å². The number of pyridine rings is 1. The Bertz CT molecular complexity index is 440. The Morgan fingerprint density at radius 2 is 2.33 bits per heavy atom. The van der Waals surface area contributed by atoms with Crippen molar-refractivity contribution in [3.63, 3.8) is 0 Å². The van der Waals surface area contributed by atoms with Gasteiger partial charge < -0.3 is 4.74 Å². The van der Waals surface area contributed by atoms with Crippen LogP contribution in [0.2, 0.25) is 0 Å². The maximum absolute atomic E-state index is 5.00. The first-order chi connectivity index (χ1) is 7.31. The van der Waals surface area contributed by atoms with E-state index >= 15 is 0 Å². The highest BCUT2D eigenvalue weighted by atomic mass is 16.5. The molecule has 0 atom stereocenters. The molecule has 2 aromatic heterocycles. The van der Waals surface area contributed by atoms with Crippen LogP contribution in [0.3, 0.4) is 0 Å². The van der Waals surface area contributed by atoms with Gasteiger partial charge in [0.05, 0.1) is 24.2 Å². The molecule has 0 aliphatic heterocycles. The molecule has 0 bridgehead atoms. The SMILES string of the molecule is COCc1cc(C)c(-n2cnnn2)cn1. The first-order valence-electron chi connectivity index (χ1n) is 4.49. The Morgan fingerprint density at radius 3 is 2.93 bits per heavy atom. The van der Waals surface area contributed by atoms with Gasteiger partial charge in [-0.25, -0.2) is 0 Å². The van der Waals surface area contributed by atoms with Gasteiger partial charge in [-0.1, -0.05) is 0 Å². The van der Waals surface area contributed by atoms with Gasteiger partial charge in [-0.15, -0.1) is 5.10 Å². The van der Waals surface area contributed by atoms with Crippen LogP contribution < -0.4 is 0 Å². The molecule has 0 N–H and O–H groups in total.